The first-order chi connectivity index (χ1) is 9.04. The number of carbonyl (C=O) groups is 1. The van der Waals surface area contributed by atoms with Gasteiger partial charge in [-0.3, -0.25) is 4.79 Å². The monoisotopic (exact) mass is 385 g/mol. The van der Waals surface area contributed by atoms with Crippen LogP contribution in [0.2, 0.25) is 5.02 Å². The van der Waals surface area contributed by atoms with Crippen LogP contribution in [0.4, 0.5) is 0 Å². The Balaban J connectivity index is 0.00000200. The molecule has 1 fully saturated rings. The van der Waals surface area contributed by atoms with Crippen LogP contribution in [0.15, 0.2) is 4.47 Å². The topological polar surface area (TPSA) is 66.2 Å². The third-order valence-corrected chi connectivity index (χ3v) is 4.92. The summed E-state index contributed by atoms with van der Waals surface area (Å²) in [6.07, 6.45) is 0.818. The number of piperidine rings is 1. The molecule has 1 aliphatic rings. The zero-order valence-corrected chi connectivity index (χ0v) is 14.4. The molecule has 2 heterocycles. The van der Waals surface area contributed by atoms with Crippen molar-refractivity contribution >= 4 is 45.8 Å². The summed E-state index contributed by atoms with van der Waals surface area (Å²) in [5.41, 5.74) is 1.23. The van der Waals surface area contributed by atoms with Gasteiger partial charge in [0.05, 0.1) is 21.6 Å². The van der Waals surface area contributed by atoms with E-state index >= 15 is 0 Å². The summed E-state index contributed by atoms with van der Waals surface area (Å²) >= 11 is 9.46. The molecule has 5 nitrogen and oxygen atoms in total. The number of amides is 1. The highest BCUT2D eigenvalue weighted by molar-refractivity contribution is 9.10. The predicted octanol–water partition coefficient (Wildman–Crippen LogP) is 2.27. The largest absolute Gasteiger partial charge is 0.378 e. The number of halogens is 3. The lowest BCUT2D eigenvalue weighted by Crippen LogP contribution is -2.53. The fourth-order valence-electron chi connectivity index (χ4n) is 2.21. The molecule has 0 spiro atoms. The number of rotatable bonds is 3. The number of aromatic nitrogens is 1. The lowest BCUT2D eigenvalue weighted by molar-refractivity contribution is 0.0475. The molecule has 20 heavy (non-hydrogen) atoms. The summed E-state index contributed by atoms with van der Waals surface area (Å²) in [7, 11) is 1.65. The molecule has 0 aliphatic carbocycles. The Kier molecular flexibility index (Phi) is 6.81. The molecule has 1 aromatic rings. The van der Waals surface area contributed by atoms with Crippen LogP contribution in [0.3, 0.4) is 0 Å². The van der Waals surface area contributed by atoms with E-state index in [1.807, 2.05) is 6.92 Å². The summed E-state index contributed by atoms with van der Waals surface area (Å²) in [4.78, 5) is 15.2. The number of nitrogens with one attached hydrogen (secondary N) is 3. The Morgan fingerprint density at radius 2 is 2.25 bits per heavy atom. The molecular weight excluding hydrogens is 369 g/mol. The molecule has 0 saturated carbocycles. The molecule has 2 atom stereocenters. The quantitative estimate of drug-likeness (QED) is 0.746. The highest BCUT2D eigenvalue weighted by atomic mass is 79.9. The lowest BCUT2D eigenvalue weighted by atomic mass is 10.0. The van der Waals surface area contributed by atoms with E-state index in [1.54, 1.807) is 7.11 Å². The molecule has 1 amide bonds. The zero-order chi connectivity index (χ0) is 14.0. The molecule has 114 valence electrons. The minimum absolute atomic E-state index is 0. The van der Waals surface area contributed by atoms with Gasteiger partial charge in [-0.25, -0.2) is 0 Å². The van der Waals surface area contributed by atoms with Crippen molar-refractivity contribution in [3.8, 4) is 0 Å². The Hall–Kier alpha value is -0.270. The first kappa shape index (κ1) is 17.8. The number of aryl methyl sites for hydroxylation is 1. The van der Waals surface area contributed by atoms with Gasteiger partial charge in [0, 0.05) is 19.3 Å². The van der Waals surface area contributed by atoms with Crippen molar-refractivity contribution in [2.75, 3.05) is 20.2 Å². The SMILES string of the molecule is CO[C@H]1CNCC[C@H]1NC(=O)c1[nH]c(C)c(Br)c1Cl.Cl. The van der Waals surface area contributed by atoms with Gasteiger partial charge >= 0.3 is 0 Å². The maximum Gasteiger partial charge on any atom is 0.269 e. The molecule has 0 bridgehead atoms. The van der Waals surface area contributed by atoms with Crippen molar-refractivity contribution in [1.29, 1.82) is 0 Å². The van der Waals surface area contributed by atoms with Crippen LogP contribution in [0.1, 0.15) is 22.6 Å². The number of ether oxygens (including phenoxy) is 1. The molecule has 0 aromatic carbocycles. The van der Waals surface area contributed by atoms with Crippen molar-refractivity contribution in [1.82, 2.24) is 15.6 Å². The van der Waals surface area contributed by atoms with Crippen LogP contribution < -0.4 is 10.6 Å². The van der Waals surface area contributed by atoms with Crippen LogP contribution in [-0.2, 0) is 4.74 Å². The van der Waals surface area contributed by atoms with Gasteiger partial charge in [0.15, 0.2) is 0 Å². The first-order valence-electron chi connectivity index (χ1n) is 6.12. The van der Waals surface area contributed by atoms with Crippen LogP contribution in [0.5, 0.6) is 0 Å². The third-order valence-electron chi connectivity index (χ3n) is 3.33. The fourth-order valence-corrected chi connectivity index (χ4v) is 2.78. The molecule has 2 rings (SSSR count). The summed E-state index contributed by atoms with van der Waals surface area (Å²) < 4.78 is 6.10. The Morgan fingerprint density at radius 3 is 2.80 bits per heavy atom. The highest BCUT2D eigenvalue weighted by Crippen LogP contribution is 2.29. The molecule has 1 saturated heterocycles. The van der Waals surface area contributed by atoms with Gasteiger partial charge in [0.1, 0.15) is 5.69 Å². The van der Waals surface area contributed by atoms with Crippen molar-refractivity contribution in [3.63, 3.8) is 0 Å². The highest BCUT2D eigenvalue weighted by Gasteiger charge is 2.28. The Morgan fingerprint density at radius 1 is 1.55 bits per heavy atom. The first-order valence-corrected chi connectivity index (χ1v) is 7.29. The van der Waals surface area contributed by atoms with Gasteiger partial charge in [0.2, 0.25) is 0 Å². The van der Waals surface area contributed by atoms with Gasteiger partial charge in [-0.1, -0.05) is 11.6 Å². The zero-order valence-electron chi connectivity index (χ0n) is 11.3. The van der Waals surface area contributed by atoms with Crippen molar-refractivity contribution < 1.29 is 9.53 Å². The predicted molar refractivity (Wildman–Crippen MR) is 85.0 cm³/mol. The average molecular weight is 387 g/mol. The fraction of sp³-hybridized carbons (Fsp3) is 0.583. The standard InChI is InChI=1S/C12H17BrClN3O2.ClH/c1-6-9(13)10(14)11(16-6)12(18)17-7-3-4-15-5-8(7)19-2;/h7-8,15-16H,3-5H2,1-2H3,(H,17,18);1H/t7-,8+;/m1./s1. The lowest BCUT2D eigenvalue weighted by Gasteiger charge is -2.31. The second-order valence-corrected chi connectivity index (χ2v) is 5.77. The molecule has 3 N–H and O–H groups in total. The number of hydrogen-bond acceptors (Lipinski definition) is 3. The maximum atomic E-state index is 12.2. The summed E-state index contributed by atoms with van der Waals surface area (Å²) in [6.45, 7) is 3.46. The van der Waals surface area contributed by atoms with Gasteiger partial charge in [0.25, 0.3) is 5.91 Å². The van der Waals surface area contributed by atoms with E-state index in [-0.39, 0.29) is 30.5 Å². The molecule has 8 heteroatoms. The van der Waals surface area contributed by atoms with E-state index in [4.69, 9.17) is 16.3 Å². The van der Waals surface area contributed by atoms with E-state index in [1.165, 1.54) is 0 Å². The van der Waals surface area contributed by atoms with E-state index in [0.717, 1.165) is 29.7 Å². The number of H-pyrrole nitrogens is 1. The van der Waals surface area contributed by atoms with E-state index in [2.05, 4.69) is 31.5 Å². The molecular formula is C12H18BrCl2N3O2. The van der Waals surface area contributed by atoms with Crippen LogP contribution >= 0.6 is 39.9 Å². The molecule has 0 unspecified atom stereocenters. The van der Waals surface area contributed by atoms with Crippen molar-refractivity contribution in [2.45, 2.75) is 25.5 Å². The Labute approximate surface area is 137 Å². The van der Waals surface area contributed by atoms with E-state index < -0.39 is 0 Å². The van der Waals surface area contributed by atoms with Gasteiger partial charge in [-0.05, 0) is 35.8 Å². The summed E-state index contributed by atoms with van der Waals surface area (Å²) in [5, 5.41) is 6.63. The number of hydrogen-bond donors (Lipinski definition) is 3. The molecule has 0 radical (unpaired) electrons. The number of methoxy groups -OCH3 is 1. The summed E-state index contributed by atoms with van der Waals surface area (Å²) in [6, 6.07) is -0.00259. The van der Waals surface area contributed by atoms with E-state index in [0.29, 0.717) is 10.7 Å². The Bertz CT molecular complexity index is 482. The molecule has 1 aliphatic heterocycles. The van der Waals surface area contributed by atoms with E-state index in [9.17, 15) is 4.79 Å². The maximum absolute atomic E-state index is 12.2. The normalized spacial score (nSPS) is 22.2. The van der Waals surface area contributed by atoms with Crippen molar-refractivity contribution in [3.05, 3.63) is 20.9 Å². The number of aromatic amines is 1. The third kappa shape index (κ3) is 3.68. The van der Waals surface area contributed by atoms with Gasteiger partial charge in [-0.2, -0.15) is 0 Å². The average Bonchev–Trinajstić information content (AvgIpc) is 2.67. The second-order valence-electron chi connectivity index (χ2n) is 4.60. The second kappa shape index (κ2) is 7.66. The van der Waals surface area contributed by atoms with Crippen LogP contribution in [-0.4, -0.2) is 43.2 Å². The van der Waals surface area contributed by atoms with Gasteiger partial charge in [-0.15, -0.1) is 12.4 Å². The smallest absolute Gasteiger partial charge is 0.269 e. The number of carbonyl (C=O) groups excluding carboxylic acids is 1. The minimum Gasteiger partial charge on any atom is -0.378 e. The summed E-state index contributed by atoms with van der Waals surface area (Å²) in [5.74, 6) is -0.201. The molecule has 1 aromatic heterocycles. The van der Waals surface area contributed by atoms with Gasteiger partial charge < -0.3 is 20.4 Å². The van der Waals surface area contributed by atoms with Crippen molar-refractivity contribution in [2.24, 2.45) is 0 Å². The van der Waals surface area contributed by atoms with Crippen LogP contribution in [0, 0.1) is 6.92 Å². The van der Waals surface area contributed by atoms with Crippen LogP contribution in [0.25, 0.3) is 0 Å². The minimum atomic E-state index is -0.201.